The largest absolute Gasteiger partial charge is 0.395 e. The Hall–Kier alpha value is -0.170. The molecule has 1 heterocycles. The molecule has 5 nitrogen and oxygen atoms in total. The lowest BCUT2D eigenvalue weighted by molar-refractivity contribution is 0.145. The van der Waals surface area contributed by atoms with E-state index in [1.165, 1.54) is 4.31 Å². The normalized spacial score (nSPS) is 22.9. The highest BCUT2D eigenvalue weighted by atomic mass is 32.2. The summed E-state index contributed by atoms with van der Waals surface area (Å²) in [5.74, 6) is 0. The molecule has 0 bridgehead atoms. The van der Waals surface area contributed by atoms with E-state index >= 15 is 0 Å². The number of nitrogens with zero attached hydrogens (tertiary/aromatic N) is 2. The molecule has 0 radical (unpaired) electrons. The molecule has 1 aliphatic rings. The van der Waals surface area contributed by atoms with Gasteiger partial charge in [-0.3, -0.25) is 0 Å². The Morgan fingerprint density at radius 2 is 2.06 bits per heavy atom. The summed E-state index contributed by atoms with van der Waals surface area (Å²) in [5, 5.41) is 9.35. The Labute approximate surface area is 111 Å². The van der Waals surface area contributed by atoms with Gasteiger partial charge in [0.25, 0.3) is 10.2 Å². The predicted molar refractivity (Wildman–Crippen MR) is 72.5 cm³/mol. The van der Waals surface area contributed by atoms with Crippen molar-refractivity contribution in [3.8, 4) is 0 Å². The molecule has 1 rings (SSSR count). The van der Waals surface area contributed by atoms with Crippen LogP contribution in [0.2, 0.25) is 0 Å². The minimum atomic E-state index is -3.44. The summed E-state index contributed by atoms with van der Waals surface area (Å²) in [7, 11) is -3.44. The fourth-order valence-corrected chi connectivity index (χ4v) is 4.58. The van der Waals surface area contributed by atoms with Gasteiger partial charge in [-0.2, -0.15) is 17.0 Å². The Morgan fingerprint density at radius 3 is 2.56 bits per heavy atom. The molecule has 0 saturated carbocycles. The standard InChI is InChI=1S/C12H26N2O3S/c1-4-8-13(11(2)3)18(16,17)14-9-6-5-7-12(14)10-15/h11-12,15H,4-10H2,1-3H3. The smallest absolute Gasteiger partial charge is 0.282 e. The average molecular weight is 278 g/mol. The molecule has 0 aliphatic carbocycles. The maximum atomic E-state index is 12.6. The molecule has 1 N–H and O–H groups in total. The summed E-state index contributed by atoms with van der Waals surface area (Å²) in [6, 6.07) is -0.293. The van der Waals surface area contributed by atoms with E-state index in [0.29, 0.717) is 13.1 Å². The highest BCUT2D eigenvalue weighted by molar-refractivity contribution is 7.86. The molecule has 0 aromatic carbocycles. The van der Waals surface area contributed by atoms with Gasteiger partial charge in [-0.15, -0.1) is 0 Å². The van der Waals surface area contributed by atoms with Gasteiger partial charge in [-0.25, -0.2) is 0 Å². The van der Waals surface area contributed by atoms with E-state index in [-0.39, 0.29) is 18.7 Å². The summed E-state index contributed by atoms with van der Waals surface area (Å²) in [6.07, 6.45) is 3.43. The molecule has 1 fully saturated rings. The van der Waals surface area contributed by atoms with Crippen molar-refractivity contribution < 1.29 is 13.5 Å². The number of rotatable bonds is 6. The van der Waals surface area contributed by atoms with Crippen LogP contribution in [0.15, 0.2) is 0 Å². The summed E-state index contributed by atoms with van der Waals surface area (Å²) in [5.41, 5.74) is 0. The molecule has 108 valence electrons. The van der Waals surface area contributed by atoms with Gasteiger partial charge in [-0.1, -0.05) is 13.3 Å². The summed E-state index contributed by atoms with van der Waals surface area (Å²) < 4.78 is 28.3. The third kappa shape index (κ3) is 3.44. The zero-order chi connectivity index (χ0) is 13.8. The molecule has 1 atom stereocenters. The van der Waals surface area contributed by atoms with Crippen molar-refractivity contribution in [2.45, 2.75) is 58.5 Å². The minimum absolute atomic E-state index is 0.0452. The molecule has 0 spiro atoms. The highest BCUT2D eigenvalue weighted by Gasteiger charge is 2.36. The quantitative estimate of drug-likeness (QED) is 0.794. The van der Waals surface area contributed by atoms with E-state index in [2.05, 4.69) is 0 Å². The first-order valence-corrected chi connectivity index (χ1v) is 8.24. The van der Waals surface area contributed by atoms with Crippen molar-refractivity contribution in [1.29, 1.82) is 0 Å². The lowest BCUT2D eigenvalue weighted by atomic mass is 10.1. The number of hydrogen-bond donors (Lipinski definition) is 1. The first kappa shape index (κ1) is 15.9. The van der Waals surface area contributed by atoms with Crippen molar-refractivity contribution in [1.82, 2.24) is 8.61 Å². The summed E-state index contributed by atoms with van der Waals surface area (Å²) in [4.78, 5) is 0. The van der Waals surface area contributed by atoms with E-state index in [1.54, 1.807) is 4.31 Å². The maximum Gasteiger partial charge on any atom is 0.282 e. The van der Waals surface area contributed by atoms with Crippen LogP contribution in [0.1, 0.15) is 46.5 Å². The van der Waals surface area contributed by atoms with Crippen LogP contribution in [0, 0.1) is 0 Å². The van der Waals surface area contributed by atoms with E-state index in [0.717, 1.165) is 25.7 Å². The molecule has 18 heavy (non-hydrogen) atoms. The van der Waals surface area contributed by atoms with Crippen LogP contribution in [-0.2, 0) is 10.2 Å². The van der Waals surface area contributed by atoms with E-state index in [9.17, 15) is 13.5 Å². The van der Waals surface area contributed by atoms with Crippen LogP contribution in [0.3, 0.4) is 0 Å². The van der Waals surface area contributed by atoms with E-state index in [1.807, 2.05) is 20.8 Å². The second kappa shape index (κ2) is 6.84. The van der Waals surface area contributed by atoms with E-state index in [4.69, 9.17) is 0 Å². The zero-order valence-electron chi connectivity index (χ0n) is 11.7. The second-order valence-corrected chi connectivity index (χ2v) is 6.99. The Morgan fingerprint density at radius 1 is 1.39 bits per heavy atom. The lowest BCUT2D eigenvalue weighted by Gasteiger charge is -2.38. The first-order chi connectivity index (χ1) is 8.45. The van der Waals surface area contributed by atoms with E-state index < -0.39 is 10.2 Å². The van der Waals surface area contributed by atoms with Gasteiger partial charge < -0.3 is 5.11 Å². The molecule has 1 saturated heterocycles. The second-order valence-electron chi connectivity index (χ2n) is 5.16. The fraction of sp³-hybridized carbons (Fsp3) is 1.00. The minimum Gasteiger partial charge on any atom is -0.395 e. The Kier molecular flexibility index (Phi) is 6.04. The maximum absolute atomic E-state index is 12.6. The third-order valence-corrected chi connectivity index (χ3v) is 5.67. The predicted octanol–water partition coefficient (Wildman–Crippen LogP) is 1.20. The van der Waals surface area contributed by atoms with Crippen LogP contribution >= 0.6 is 0 Å². The fourth-order valence-electron chi connectivity index (χ4n) is 2.46. The molecule has 1 unspecified atom stereocenters. The van der Waals surface area contributed by atoms with Gasteiger partial charge in [0, 0.05) is 25.2 Å². The van der Waals surface area contributed by atoms with Crippen molar-refractivity contribution >= 4 is 10.2 Å². The molecular formula is C12H26N2O3S. The average Bonchev–Trinajstić information content (AvgIpc) is 2.35. The Bertz CT molecular complexity index is 343. The number of hydrogen-bond acceptors (Lipinski definition) is 3. The van der Waals surface area contributed by atoms with Crippen LogP contribution < -0.4 is 0 Å². The van der Waals surface area contributed by atoms with Gasteiger partial charge in [-0.05, 0) is 33.1 Å². The SMILES string of the molecule is CCCN(C(C)C)S(=O)(=O)N1CCCCC1CO. The highest BCUT2D eigenvalue weighted by Crippen LogP contribution is 2.23. The summed E-state index contributed by atoms with van der Waals surface area (Å²) >= 11 is 0. The number of piperidine rings is 1. The molecule has 1 aliphatic heterocycles. The van der Waals surface area contributed by atoms with Gasteiger partial charge >= 0.3 is 0 Å². The topological polar surface area (TPSA) is 60.9 Å². The summed E-state index contributed by atoms with van der Waals surface area (Å²) in [6.45, 7) is 6.74. The number of aliphatic hydroxyl groups is 1. The molecular weight excluding hydrogens is 252 g/mol. The van der Waals surface area contributed by atoms with Gasteiger partial charge in [0.1, 0.15) is 0 Å². The van der Waals surface area contributed by atoms with Crippen LogP contribution in [0.4, 0.5) is 0 Å². The van der Waals surface area contributed by atoms with Crippen LogP contribution in [-0.4, -0.2) is 53.9 Å². The zero-order valence-corrected chi connectivity index (χ0v) is 12.5. The monoisotopic (exact) mass is 278 g/mol. The van der Waals surface area contributed by atoms with Crippen LogP contribution in [0.5, 0.6) is 0 Å². The third-order valence-electron chi connectivity index (χ3n) is 3.40. The van der Waals surface area contributed by atoms with Crippen molar-refractivity contribution in [2.24, 2.45) is 0 Å². The van der Waals surface area contributed by atoms with Crippen LogP contribution in [0.25, 0.3) is 0 Å². The van der Waals surface area contributed by atoms with Gasteiger partial charge in [0.2, 0.25) is 0 Å². The molecule has 0 aromatic heterocycles. The van der Waals surface area contributed by atoms with Crippen molar-refractivity contribution in [2.75, 3.05) is 19.7 Å². The first-order valence-electron chi connectivity index (χ1n) is 6.84. The molecule has 6 heteroatoms. The van der Waals surface area contributed by atoms with Gasteiger partial charge in [0.15, 0.2) is 0 Å². The number of aliphatic hydroxyl groups excluding tert-OH is 1. The Balaban J connectivity index is 2.94. The van der Waals surface area contributed by atoms with Crippen molar-refractivity contribution in [3.05, 3.63) is 0 Å². The van der Waals surface area contributed by atoms with Gasteiger partial charge in [0.05, 0.1) is 6.61 Å². The molecule has 0 amide bonds. The van der Waals surface area contributed by atoms with Crippen molar-refractivity contribution in [3.63, 3.8) is 0 Å². The lowest BCUT2D eigenvalue weighted by Crippen LogP contribution is -2.53. The molecule has 0 aromatic rings.